The molecule has 1 aliphatic heterocycles. The van der Waals surface area contributed by atoms with E-state index in [-0.39, 0.29) is 0 Å². The molecule has 0 aliphatic carbocycles. The van der Waals surface area contributed by atoms with Gasteiger partial charge in [0.1, 0.15) is 0 Å². The Labute approximate surface area is 134 Å². The fraction of sp³-hybridized carbons (Fsp3) is 0.824. The van der Waals surface area contributed by atoms with Crippen molar-refractivity contribution < 1.29 is 0 Å². The van der Waals surface area contributed by atoms with Crippen molar-refractivity contribution in [2.24, 2.45) is 5.92 Å². The van der Waals surface area contributed by atoms with E-state index in [1.165, 1.54) is 35.1 Å². The maximum Gasteiger partial charge on any atom is 0.186 e. The maximum absolute atomic E-state index is 5.02. The van der Waals surface area contributed by atoms with Gasteiger partial charge in [-0.05, 0) is 44.6 Å². The Morgan fingerprint density at radius 2 is 2.14 bits per heavy atom. The summed E-state index contributed by atoms with van der Waals surface area (Å²) in [6, 6.07) is 0.650. The number of anilines is 1. The van der Waals surface area contributed by atoms with Crippen molar-refractivity contribution in [1.29, 1.82) is 0 Å². The molecule has 0 aromatic carbocycles. The Kier molecular flexibility index (Phi) is 6.06. The van der Waals surface area contributed by atoms with Gasteiger partial charge >= 0.3 is 0 Å². The van der Waals surface area contributed by atoms with Gasteiger partial charge in [-0.3, -0.25) is 0 Å². The Bertz CT molecular complexity index is 441. The number of aromatic nitrogens is 1. The second-order valence-electron chi connectivity index (χ2n) is 6.82. The van der Waals surface area contributed by atoms with Crippen molar-refractivity contribution in [1.82, 2.24) is 10.3 Å². The molecule has 1 saturated heterocycles. The minimum Gasteiger partial charge on any atom is -0.345 e. The molecule has 3 nitrogen and oxygen atoms in total. The molecule has 2 atom stereocenters. The van der Waals surface area contributed by atoms with E-state index in [1.54, 1.807) is 0 Å². The first kappa shape index (κ1) is 16.8. The van der Waals surface area contributed by atoms with Gasteiger partial charge in [0.25, 0.3) is 0 Å². The fourth-order valence-electron chi connectivity index (χ4n) is 2.87. The summed E-state index contributed by atoms with van der Waals surface area (Å²) in [5.41, 5.74) is 1.33. The minimum absolute atomic E-state index is 0.559. The number of rotatable bonds is 7. The monoisotopic (exact) mass is 309 g/mol. The van der Waals surface area contributed by atoms with E-state index in [9.17, 15) is 0 Å². The van der Waals surface area contributed by atoms with E-state index >= 15 is 0 Å². The van der Waals surface area contributed by atoms with Crippen molar-refractivity contribution in [3.05, 3.63) is 10.6 Å². The van der Waals surface area contributed by atoms with Crippen molar-refractivity contribution in [3.8, 4) is 0 Å². The molecule has 2 heterocycles. The Hall–Kier alpha value is -0.610. The zero-order chi connectivity index (χ0) is 15.4. The highest BCUT2D eigenvalue weighted by Gasteiger charge is 2.25. The third kappa shape index (κ3) is 4.19. The van der Waals surface area contributed by atoms with Gasteiger partial charge in [-0.2, -0.15) is 0 Å². The van der Waals surface area contributed by atoms with Crippen LogP contribution in [0, 0.1) is 5.92 Å². The van der Waals surface area contributed by atoms with Crippen LogP contribution in [0.5, 0.6) is 0 Å². The second-order valence-corrected chi connectivity index (χ2v) is 7.89. The van der Waals surface area contributed by atoms with Crippen LogP contribution in [0.15, 0.2) is 0 Å². The van der Waals surface area contributed by atoms with Crippen molar-refractivity contribution in [2.75, 3.05) is 18.0 Å². The summed E-state index contributed by atoms with van der Waals surface area (Å²) in [5.74, 6) is 1.26. The number of nitrogens with zero attached hydrogens (tertiary/aromatic N) is 2. The molecule has 21 heavy (non-hydrogen) atoms. The first-order valence-electron chi connectivity index (χ1n) is 8.49. The molecule has 0 spiro atoms. The van der Waals surface area contributed by atoms with Crippen LogP contribution in [0.4, 0.5) is 5.13 Å². The van der Waals surface area contributed by atoms with Crippen LogP contribution in [0.2, 0.25) is 0 Å². The van der Waals surface area contributed by atoms with E-state index in [4.69, 9.17) is 4.98 Å². The molecule has 1 aromatic rings. The van der Waals surface area contributed by atoms with Gasteiger partial charge in [-0.15, -0.1) is 11.3 Å². The zero-order valence-corrected chi connectivity index (χ0v) is 15.1. The lowest BCUT2D eigenvalue weighted by atomic mass is 10.0. The standard InChI is InChI=1S/C17H31N3S/c1-6-13(4)16-15(11-18-10-12(2)3)21-17(19-16)20-9-7-8-14(20)5/h12-14,18H,6-11H2,1-5H3. The summed E-state index contributed by atoms with van der Waals surface area (Å²) in [7, 11) is 0. The first-order valence-corrected chi connectivity index (χ1v) is 9.31. The number of hydrogen-bond acceptors (Lipinski definition) is 4. The van der Waals surface area contributed by atoms with Gasteiger partial charge in [-0.25, -0.2) is 4.98 Å². The average molecular weight is 310 g/mol. The van der Waals surface area contributed by atoms with Crippen LogP contribution in [0.3, 0.4) is 0 Å². The normalized spacial score (nSPS) is 20.5. The number of thiazole rings is 1. The Morgan fingerprint density at radius 3 is 2.71 bits per heavy atom. The highest BCUT2D eigenvalue weighted by molar-refractivity contribution is 7.15. The second kappa shape index (κ2) is 7.59. The Balaban J connectivity index is 2.14. The largest absolute Gasteiger partial charge is 0.345 e. The first-order chi connectivity index (χ1) is 10.0. The van der Waals surface area contributed by atoms with E-state index in [2.05, 4.69) is 44.8 Å². The molecular formula is C17H31N3S. The van der Waals surface area contributed by atoms with E-state index in [0.29, 0.717) is 17.9 Å². The topological polar surface area (TPSA) is 28.2 Å². The van der Waals surface area contributed by atoms with Gasteiger partial charge in [0.2, 0.25) is 0 Å². The number of hydrogen-bond donors (Lipinski definition) is 1. The molecule has 1 aromatic heterocycles. The third-order valence-electron chi connectivity index (χ3n) is 4.43. The van der Waals surface area contributed by atoms with Crippen LogP contribution >= 0.6 is 11.3 Å². The van der Waals surface area contributed by atoms with Gasteiger partial charge in [0.15, 0.2) is 5.13 Å². The third-order valence-corrected chi connectivity index (χ3v) is 5.54. The van der Waals surface area contributed by atoms with Gasteiger partial charge in [0, 0.05) is 24.0 Å². The quantitative estimate of drug-likeness (QED) is 0.809. The molecule has 120 valence electrons. The summed E-state index contributed by atoms with van der Waals surface area (Å²) in [5, 5.41) is 4.83. The lowest BCUT2D eigenvalue weighted by Crippen LogP contribution is -2.26. The van der Waals surface area contributed by atoms with E-state index < -0.39 is 0 Å². The Morgan fingerprint density at radius 1 is 1.38 bits per heavy atom. The lowest BCUT2D eigenvalue weighted by molar-refractivity contribution is 0.551. The number of nitrogens with one attached hydrogen (secondary N) is 1. The molecule has 1 aliphatic rings. The average Bonchev–Trinajstić information content (AvgIpc) is 3.03. The highest BCUT2D eigenvalue weighted by atomic mass is 32.1. The zero-order valence-electron chi connectivity index (χ0n) is 14.3. The molecule has 0 saturated carbocycles. The highest BCUT2D eigenvalue weighted by Crippen LogP contribution is 2.35. The summed E-state index contributed by atoms with van der Waals surface area (Å²) < 4.78 is 0. The summed E-state index contributed by atoms with van der Waals surface area (Å²) in [4.78, 5) is 8.96. The molecule has 2 rings (SSSR count). The molecule has 1 fully saturated rings. The SMILES string of the molecule is CCC(C)c1nc(N2CCCC2C)sc1CNCC(C)C. The predicted molar refractivity (Wildman–Crippen MR) is 93.4 cm³/mol. The summed E-state index contributed by atoms with van der Waals surface area (Å²) in [6.45, 7) is 14.6. The molecule has 0 bridgehead atoms. The fourth-order valence-corrected chi connectivity index (χ4v) is 4.15. The summed E-state index contributed by atoms with van der Waals surface area (Å²) >= 11 is 1.91. The molecular weight excluding hydrogens is 278 g/mol. The van der Waals surface area contributed by atoms with Crippen LogP contribution in [0.1, 0.15) is 70.4 Å². The van der Waals surface area contributed by atoms with Crippen LogP contribution in [-0.4, -0.2) is 24.1 Å². The van der Waals surface area contributed by atoms with Gasteiger partial charge < -0.3 is 10.2 Å². The molecule has 1 N–H and O–H groups in total. The van der Waals surface area contributed by atoms with Crippen LogP contribution < -0.4 is 10.2 Å². The molecule has 0 amide bonds. The van der Waals surface area contributed by atoms with Crippen molar-refractivity contribution in [2.45, 2.75) is 72.4 Å². The maximum atomic E-state index is 5.02. The molecule has 2 unspecified atom stereocenters. The van der Waals surface area contributed by atoms with Crippen molar-refractivity contribution in [3.63, 3.8) is 0 Å². The van der Waals surface area contributed by atoms with E-state index in [0.717, 1.165) is 19.5 Å². The lowest BCUT2D eigenvalue weighted by Gasteiger charge is -2.20. The van der Waals surface area contributed by atoms with Crippen LogP contribution in [-0.2, 0) is 6.54 Å². The van der Waals surface area contributed by atoms with Crippen molar-refractivity contribution >= 4 is 16.5 Å². The molecule has 0 radical (unpaired) electrons. The van der Waals surface area contributed by atoms with Crippen LogP contribution in [0.25, 0.3) is 0 Å². The van der Waals surface area contributed by atoms with Gasteiger partial charge in [-0.1, -0.05) is 27.7 Å². The van der Waals surface area contributed by atoms with Gasteiger partial charge in [0.05, 0.1) is 5.69 Å². The summed E-state index contributed by atoms with van der Waals surface area (Å²) in [6.07, 6.45) is 3.77. The smallest absolute Gasteiger partial charge is 0.186 e. The molecule has 4 heteroatoms. The predicted octanol–water partition coefficient (Wildman–Crippen LogP) is 4.39. The minimum atomic E-state index is 0.559. The van der Waals surface area contributed by atoms with E-state index in [1.807, 2.05) is 11.3 Å².